The van der Waals surface area contributed by atoms with E-state index in [1.54, 1.807) is 66.5 Å². The molecular weight excluding hydrogens is 442 g/mol. The van der Waals surface area contributed by atoms with Crippen molar-refractivity contribution >= 4 is 39.1 Å². The van der Waals surface area contributed by atoms with Crippen LogP contribution in [0, 0.1) is 0 Å². The van der Waals surface area contributed by atoms with Crippen LogP contribution in [-0.2, 0) is 10.0 Å². The summed E-state index contributed by atoms with van der Waals surface area (Å²) in [6.07, 6.45) is 6.39. The molecule has 0 aliphatic heterocycles. The molecule has 32 heavy (non-hydrogen) atoms. The fraction of sp³-hybridized carbons (Fsp3) is 0.250. The van der Waals surface area contributed by atoms with Crippen molar-refractivity contribution in [3.05, 3.63) is 78.5 Å². The van der Waals surface area contributed by atoms with E-state index in [1.807, 2.05) is 6.07 Å². The summed E-state index contributed by atoms with van der Waals surface area (Å²) in [5.74, 6) is -0.301. The molecule has 1 aliphatic carbocycles. The van der Waals surface area contributed by atoms with E-state index in [0.717, 1.165) is 12.8 Å². The minimum absolute atomic E-state index is 0.105. The summed E-state index contributed by atoms with van der Waals surface area (Å²) in [7, 11) is -2.26. The molecule has 1 N–H and O–H groups in total. The summed E-state index contributed by atoms with van der Waals surface area (Å²) in [6, 6.07) is 18.7. The van der Waals surface area contributed by atoms with Crippen LogP contribution in [0.5, 0.6) is 0 Å². The average Bonchev–Trinajstić information content (AvgIpc) is 3.33. The lowest BCUT2D eigenvalue weighted by atomic mass is 10.2. The maximum absolute atomic E-state index is 13.1. The van der Waals surface area contributed by atoms with Crippen molar-refractivity contribution < 1.29 is 13.2 Å². The molecule has 0 atom stereocenters. The molecule has 166 valence electrons. The second kappa shape index (κ2) is 9.75. The first-order chi connectivity index (χ1) is 15.4. The van der Waals surface area contributed by atoms with Crippen LogP contribution in [0.4, 0.5) is 11.4 Å². The number of nitrogens with zero attached hydrogens (tertiary/aromatic N) is 2. The van der Waals surface area contributed by atoms with E-state index in [0.29, 0.717) is 27.2 Å². The van der Waals surface area contributed by atoms with Gasteiger partial charge >= 0.3 is 0 Å². The zero-order chi connectivity index (χ0) is 22.6. The zero-order valence-corrected chi connectivity index (χ0v) is 19.4. The third-order valence-corrected chi connectivity index (χ3v) is 8.60. The van der Waals surface area contributed by atoms with Gasteiger partial charge in [-0.05, 0) is 55.3 Å². The Morgan fingerprint density at radius 3 is 2.53 bits per heavy atom. The van der Waals surface area contributed by atoms with Crippen LogP contribution in [0.2, 0.25) is 0 Å². The van der Waals surface area contributed by atoms with Gasteiger partial charge in [-0.2, -0.15) is 0 Å². The summed E-state index contributed by atoms with van der Waals surface area (Å²) >= 11 is 1.65. The molecule has 1 fully saturated rings. The predicted molar refractivity (Wildman–Crippen MR) is 129 cm³/mol. The number of carbonyl (C=O) groups excluding carboxylic acids is 1. The number of benzene rings is 2. The molecule has 6 nitrogen and oxygen atoms in total. The Morgan fingerprint density at radius 2 is 1.78 bits per heavy atom. The van der Waals surface area contributed by atoms with Gasteiger partial charge in [-0.25, -0.2) is 13.4 Å². The van der Waals surface area contributed by atoms with E-state index < -0.39 is 10.0 Å². The van der Waals surface area contributed by atoms with Crippen LogP contribution in [0.1, 0.15) is 36.0 Å². The summed E-state index contributed by atoms with van der Waals surface area (Å²) < 4.78 is 27.4. The molecular formula is C24H25N3O3S2. The Bertz CT molecular complexity index is 1190. The van der Waals surface area contributed by atoms with E-state index in [9.17, 15) is 13.2 Å². The number of hydrogen-bond donors (Lipinski definition) is 1. The number of nitrogens with one attached hydrogen (secondary N) is 1. The van der Waals surface area contributed by atoms with Gasteiger partial charge < -0.3 is 5.32 Å². The lowest BCUT2D eigenvalue weighted by molar-refractivity contribution is 0.102. The summed E-state index contributed by atoms with van der Waals surface area (Å²) in [4.78, 5) is 17.5. The highest BCUT2D eigenvalue weighted by Gasteiger charge is 2.23. The second-order valence-electron chi connectivity index (χ2n) is 7.67. The van der Waals surface area contributed by atoms with Gasteiger partial charge in [0, 0.05) is 24.2 Å². The predicted octanol–water partition coefficient (Wildman–Crippen LogP) is 5.19. The van der Waals surface area contributed by atoms with E-state index in [1.165, 1.54) is 36.3 Å². The van der Waals surface area contributed by atoms with E-state index in [4.69, 9.17) is 0 Å². The second-order valence-corrected chi connectivity index (χ2v) is 10.9. The van der Waals surface area contributed by atoms with Crippen LogP contribution in [0.15, 0.2) is 82.8 Å². The molecule has 2 aromatic carbocycles. The fourth-order valence-corrected chi connectivity index (χ4v) is 6.23. The van der Waals surface area contributed by atoms with Gasteiger partial charge in [0.15, 0.2) is 0 Å². The number of aromatic nitrogens is 1. The van der Waals surface area contributed by atoms with Gasteiger partial charge in [-0.3, -0.25) is 9.10 Å². The number of para-hydroxylation sites is 1. The number of carbonyl (C=O) groups is 1. The molecule has 0 radical (unpaired) electrons. The Balaban J connectivity index is 1.54. The highest BCUT2D eigenvalue weighted by Crippen LogP contribution is 2.35. The van der Waals surface area contributed by atoms with Crippen LogP contribution < -0.4 is 9.62 Å². The van der Waals surface area contributed by atoms with Crippen molar-refractivity contribution in [3.63, 3.8) is 0 Å². The lowest BCUT2D eigenvalue weighted by Crippen LogP contribution is -2.26. The maximum Gasteiger partial charge on any atom is 0.264 e. The van der Waals surface area contributed by atoms with Crippen molar-refractivity contribution in [1.29, 1.82) is 0 Å². The SMILES string of the molecule is CN(c1ccccc1)S(=O)(=O)c1cccc(NC(=O)c2cccnc2SC2CCCC2)c1. The number of sulfonamides is 1. The summed E-state index contributed by atoms with van der Waals surface area (Å²) in [6.45, 7) is 0. The van der Waals surface area contributed by atoms with Crippen molar-refractivity contribution in [2.45, 2.75) is 40.9 Å². The van der Waals surface area contributed by atoms with Crippen molar-refractivity contribution in [2.75, 3.05) is 16.7 Å². The van der Waals surface area contributed by atoms with Crippen LogP contribution >= 0.6 is 11.8 Å². The maximum atomic E-state index is 13.1. The highest BCUT2D eigenvalue weighted by atomic mass is 32.2. The Hall–Kier alpha value is -2.84. The molecule has 0 spiro atoms. The minimum Gasteiger partial charge on any atom is -0.322 e. The smallest absolute Gasteiger partial charge is 0.264 e. The lowest BCUT2D eigenvalue weighted by Gasteiger charge is -2.20. The Kier molecular flexibility index (Phi) is 6.81. The number of thioether (sulfide) groups is 1. The largest absolute Gasteiger partial charge is 0.322 e. The third kappa shape index (κ3) is 4.97. The molecule has 1 aliphatic rings. The first-order valence-corrected chi connectivity index (χ1v) is 12.8. The minimum atomic E-state index is -3.77. The zero-order valence-electron chi connectivity index (χ0n) is 17.8. The standard InChI is InChI=1S/C24H25N3O3S2/c1-27(19-10-3-2-4-11-19)32(29,30)21-14-7-9-18(17-21)26-23(28)22-15-8-16-25-24(22)31-20-12-5-6-13-20/h2-4,7-11,14-17,20H,5-6,12-13H2,1H3,(H,26,28). The molecule has 0 bridgehead atoms. The molecule has 1 saturated carbocycles. The van der Waals surface area contributed by atoms with Gasteiger partial charge in [0.05, 0.1) is 16.1 Å². The topological polar surface area (TPSA) is 79.4 Å². The summed E-state index contributed by atoms with van der Waals surface area (Å²) in [5, 5.41) is 4.04. The van der Waals surface area contributed by atoms with E-state index in [2.05, 4.69) is 10.3 Å². The van der Waals surface area contributed by atoms with Crippen molar-refractivity contribution in [1.82, 2.24) is 4.98 Å². The van der Waals surface area contributed by atoms with Crippen molar-refractivity contribution in [3.8, 4) is 0 Å². The van der Waals surface area contributed by atoms with Gasteiger partial charge in [-0.15, -0.1) is 11.8 Å². The fourth-order valence-electron chi connectivity index (χ4n) is 3.69. The van der Waals surface area contributed by atoms with Crippen LogP contribution in [-0.4, -0.2) is 31.6 Å². The van der Waals surface area contributed by atoms with Gasteiger partial charge in [0.2, 0.25) is 0 Å². The van der Waals surface area contributed by atoms with Gasteiger partial charge in [0.1, 0.15) is 5.03 Å². The number of pyridine rings is 1. The molecule has 8 heteroatoms. The van der Waals surface area contributed by atoms with Gasteiger partial charge in [0.25, 0.3) is 15.9 Å². The average molecular weight is 468 g/mol. The van der Waals surface area contributed by atoms with Crippen molar-refractivity contribution in [2.24, 2.45) is 0 Å². The molecule has 1 amide bonds. The van der Waals surface area contributed by atoms with E-state index in [-0.39, 0.29) is 10.8 Å². The van der Waals surface area contributed by atoms with Crippen LogP contribution in [0.3, 0.4) is 0 Å². The summed E-state index contributed by atoms with van der Waals surface area (Å²) in [5.41, 5.74) is 1.48. The highest BCUT2D eigenvalue weighted by molar-refractivity contribution is 8.00. The van der Waals surface area contributed by atoms with Gasteiger partial charge in [-0.1, -0.05) is 37.1 Å². The first-order valence-electron chi connectivity index (χ1n) is 10.5. The molecule has 3 aromatic rings. The molecule has 0 unspecified atom stereocenters. The quantitative estimate of drug-likeness (QED) is 0.517. The third-order valence-electron chi connectivity index (χ3n) is 5.47. The molecule has 1 heterocycles. The number of hydrogen-bond acceptors (Lipinski definition) is 5. The number of anilines is 2. The monoisotopic (exact) mass is 467 g/mol. The Morgan fingerprint density at radius 1 is 1.03 bits per heavy atom. The molecule has 4 rings (SSSR count). The number of amides is 1. The molecule has 0 saturated heterocycles. The number of rotatable bonds is 7. The Labute approximate surface area is 193 Å². The first kappa shape index (κ1) is 22.4. The van der Waals surface area contributed by atoms with E-state index >= 15 is 0 Å². The molecule has 1 aromatic heterocycles. The normalized spacial score (nSPS) is 14.3. The van der Waals surface area contributed by atoms with Crippen LogP contribution in [0.25, 0.3) is 0 Å².